The van der Waals surface area contributed by atoms with Crippen LogP contribution in [0.2, 0.25) is 0 Å². The Bertz CT molecular complexity index is 918. The minimum absolute atomic E-state index is 0.0973. The van der Waals surface area contributed by atoms with Crippen LogP contribution in [0.15, 0.2) is 23.1 Å². The van der Waals surface area contributed by atoms with E-state index < -0.39 is 27.4 Å². The first-order valence-electron chi connectivity index (χ1n) is 10.5. The van der Waals surface area contributed by atoms with Crippen molar-refractivity contribution in [2.75, 3.05) is 27.3 Å². The first kappa shape index (κ1) is 23.3. The largest absolute Gasteiger partial charge is 0.493 e. The first-order chi connectivity index (χ1) is 14.7. The predicted octanol–water partition coefficient (Wildman–Crippen LogP) is 2.01. The summed E-state index contributed by atoms with van der Waals surface area (Å²) in [6, 6.07) is 4.43. The van der Waals surface area contributed by atoms with E-state index in [-0.39, 0.29) is 23.9 Å². The summed E-state index contributed by atoms with van der Waals surface area (Å²) in [6.45, 7) is 0.379. The molecule has 0 aromatic heterocycles. The predicted molar refractivity (Wildman–Crippen MR) is 113 cm³/mol. The number of carbonyl (C=O) groups is 2. The van der Waals surface area contributed by atoms with Crippen molar-refractivity contribution in [2.24, 2.45) is 5.92 Å². The minimum atomic E-state index is -3.75. The molecule has 1 aromatic rings. The zero-order valence-corrected chi connectivity index (χ0v) is 18.7. The van der Waals surface area contributed by atoms with Crippen LogP contribution in [0.5, 0.6) is 11.5 Å². The van der Waals surface area contributed by atoms with Crippen LogP contribution in [0.4, 0.5) is 0 Å². The van der Waals surface area contributed by atoms with Gasteiger partial charge in [0.05, 0.1) is 19.1 Å². The van der Waals surface area contributed by atoms with Gasteiger partial charge in [-0.15, -0.1) is 0 Å². The summed E-state index contributed by atoms with van der Waals surface area (Å²) in [5, 5.41) is 12.4. The van der Waals surface area contributed by atoms with Gasteiger partial charge in [-0.25, -0.2) is 13.2 Å². The first-order valence-corrected chi connectivity index (χ1v) is 11.9. The molecule has 0 unspecified atom stereocenters. The maximum atomic E-state index is 13.0. The van der Waals surface area contributed by atoms with Gasteiger partial charge in [-0.2, -0.15) is 4.31 Å². The third-order valence-electron chi connectivity index (χ3n) is 6.30. The Kier molecular flexibility index (Phi) is 7.10. The molecule has 2 fully saturated rings. The van der Waals surface area contributed by atoms with E-state index in [4.69, 9.17) is 9.47 Å². The molecule has 1 aliphatic heterocycles. The van der Waals surface area contributed by atoms with Crippen LogP contribution < -0.4 is 14.8 Å². The number of carboxylic acid groups (broad SMARTS) is 1. The van der Waals surface area contributed by atoms with E-state index in [1.165, 1.54) is 30.7 Å². The van der Waals surface area contributed by atoms with E-state index in [1.54, 1.807) is 6.07 Å². The average molecular weight is 455 g/mol. The number of ether oxygens (including phenoxy) is 2. The van der Waals surface area contributed by atoms with E-state index in [0.717, 1.165) is 19.3 Å². The molecule has 9 nitrogen and oxygen atoms in total. The average Bonchev–Trinajstić information content (AvgIpc) is 2.79. The molecule has 1 aliphatic carbocycles. The van der Waals surface area contributed by atoms with Crippen LogP contribution in [0, 0.1) is 5.92 Å². The number of carbonyl (C=O) groups excluding carboxylic acids is 1. The second-order valence-electron chi connectivity index (χ2n) is 8.13. The van der Waals surface area contributed by atoms with Gasteiger partial charge in [0.2, 0.25) is 15.9 Å². The van der Waals surface area contributed by atoms with Gasteiger partial charge in [0.15, 0.2) is 11.5 Å². The summed E-state index contributed by atoms with van der Waals surface area (Å²) < 4.78 is 37.8. The number of piperidine rings is 1. The number of sulfonamides is 1. The standard InChI is InChI=1S/C21H30N2O7S/c1-29-17-7-6-16(14-18(17)30-2)31(27,28)23-12-8-15(9-13-23)19(24)22-21(20(25)26)10-4-3-5-11-21/h6-7,14-15H,3-5,8-13H2,1-2H3,(H,22,24)(H,25,26). The SMILES string of the molecule is COc1ccc(S(=O)(=O)N2CCC(C(=O)NC3(C(=O)O)CCCCC3)CC2)cc1OC. The molecule has 3 rings (SSSR count). The monoisotopic (exact) mass is 454 g/mol. The number of methoxy groups -OCH3 is 2. The zero-order chi connectivity index (χ0) is 22.6. The Morgan fingerprint density at radius 1 is 1.06 bits per heavy atom. The van der Waals surface area contributed by atoms with Crippen LogP contribution in [-0.2, 0) is 19.6 Å². The molecule has 31 heavy (non-hydrogen) atoms. The molecule has 1 aromatic carbocycles. The van der Waals surface area contributed by atoms with Crippen LogP contribution in [0.3, 0.4) is 0 Å². The number of rotatable bonds is 7. The summed E-state index contributed by atoms with van der Waals surface area (Å²) in [4.78, 5) is 24.7. The molecule has 0 bridgehead atoms. The van der Waals surface area contributed by atoms with Crippen molar-refractivity contribution in [3.8, 4) is 11.5 Å². The van der Waals surface area contributed by atoms with Gasteiger partial charge < -0.3 is 19.9 Å². The van der Waals surface area contributed by atoms with Gasteiger partial charge in [0.1, 0.15) is 5.54 Å². The molecule has 1 saturated carbocycles. The summed E-state index contributed by atoms with van der Waals surface area (Å²) in [6.07, 6.45) is 4.06. The van der Waals surface area contributed by atoms with Gasteiger partial charge in [0.25, 0.3) is 0 Å². The van der Waals surface area contributed by atoms with Crippen molar-refractivity contribution in [3.05, 3.63) is 18.2 Å². The summed E-state index contributed by atoms with van der Waals surface area (Å²) in [7, 11) is -0.835. The maximum absolute atomic E-state index is 13.0. The summed E-state index contributed by atoms with van der Waals surface area (Å²) in [5.41, 5.74) is -1.20. The fourth-order valence-electron chi connectivity index (χ4n) is 4.37. The molecule has 2 aliphatic rings. The second-order valence-corrected chi connectivity index (χ2v) is 10.1. The van der Waals surface area contributed by atoms with Crippen molar-refractivity contribution in [1.29, 1.82) is 0 Å². The molecule has 1 saturated heterocycles. The van der Waals surface area contributed by atoms with E-state index in [0.29, 0.717) is 37.2 Å². The lowest BCUT2D eigenvalue weighted by atomic mass is 9.81. The van der Waals surface area contributed by atoms with Crippen molar-refractivity contribution in [2.45, 2.75) is 55.4 Å². The smallest absolute Gasteiger partial charge is 0.329 e. The molecule has 2 N–H and O–H groups in total. The molecule has 172 valence electrons. The zero-order valence-electron chi connectivity index (χ0n) is 17.9. The normalized spacial score (nSPS) is 20.1. The number of benzene rings is 1. The number of amides is 1. The van der Waals surface area contributed by atoms with Crippen LogP contribution in [0.25, 0.3) is 0 Å². The Balaban J connectivity index is 1.66. The Labute approximate surface area is 182 Å². The number of aliphatic carboxylic acids is 1. The van der Waals surface area contributed by atoms with Crippen LogP contribution in [0.1, 0.15) is 44.9 Å². The summed E-state index contributed by atoms with van der Waals surface area (Å²) in [5.74, 6) is -0.937. The Morgan fingerprint density at radius 2 is 1.68 bits per heavy atom. The van der Waals surface area contributed by atoms with Gasteiger partial charge in [-0.05, 0) is 37.8 Å². The highest BCUT2D eigenvalue weighted by Crippen LogP contribution is 2.33. The molecule has 10 heteroatoms. The van der Waals surface area contributed by atoms with Crippen molar-refractivity contribution in [1.82, 2.24) is 9.62 Å². The van der Waals surface area contributed by atoms with E-state index in [9.17, 15) is 23.1 Å². The van der Waals surface area contributed by atoms with E-state index in [2.05, 4.69) is 5.32 Å². The second kappa shape index (κ2) is 9.44. The van der Waals surface area contributed by atoms with Gasteiger partial charge in [0, 0.05) is 25.1 Å². The Morgan fingerprint density at radius 3 is 2.23 bits per heavy atom. The van der Waals surface area contributed by atoms with E-state index >= 15 is 0 Å². The highest BCUT2D eigenvalue weighted by atomic mass is 32.2. The topological polar surface area (TPSA) is 122 Å². The molecule has 1 amide bonds. The lowest BCUT2D eigenvalue weighted by molar-refractivity contribution is -0.150. The number of carboxylic acids is 1. The quantitative estimate of drug-likeness (QED) is 0.646. The van der Waals surface area contributed by atoms with E-state index in [1.807, 2.05) is 0 Å². The molecular formula is C21H30N2O7S. The third-order valence-corrected chi connectivity index (χ3v) is 8.19. The van der Waals surface area contributed by atoms with Crippen molar-refractivity contribution >= 4 is 21.9 Å². The molecular weight excluding hydrogens is 424 g/mol. The van der Waals surface area contributed by atoms with Crippen molar-refractivity contribution < 1.29 is 32.6 Å². The van der Waals surface area contributed by atoms with Gasteiger partial charge in [-0.1, -0.05) is 19.3 Å². The van der Waals surface area contributed by atoms with Gasteiger partial charge in [-0.3, -0.25) is 4.79 Å². The number of nitrogens with one attached hydrogen (secondary N) is 1. The summed E-state index contributed by atoms with van der Waals surface area (Å²) >= 11 is 0. The lowest BCUT2D eigenvalue weighted by Gasteiger charge is -2.37. The highest BCUT2D eigenvalue weighted by Gasteiger charge is 2.43. The lowest BCUT2D eigenvalue weighted by Crippen LogP contribution is -2.57. The number of nitrogens with zero attached hydrogens (tertiary/aromatic N) is 1. The molecule has 0 radical (unpaired) electrons. The third kappa shape index (κ3) is 4.79. The molecule has 1 heterocycles. The fraction of sp³-hybridized carbons (Fsp3) is 0.619. The Hall–Kier alpha value is -2.33. The highest BCUT2D eigenvalue weighted by molar-refractivity contribution is 7.89. The number of hydrogen-bond acceptors (Lipinski definition) is 6. The molecule has 0 spiro atoms. The number of hydrogen-bond donors (Lipinski definition) is 2. The maximum Gasteiger partial charge on any atom is 0.329 e. The van der Waals surface area contributed by atoms with Gasteiger partial charge >= 0.3 is 5.97 Å². The van der Waals surface area contributed by atoms with Crippen LogP contribution >= 0.6 is 0 Å². The fourth-order valence-corrected chi connectivity index (χ4v) is 5.86. The minimum Gasteiger partial charge on any atom is -0.493 e. The van der Waals surface area contributed by atoms with Crippen molar-refractivity contribution in [3.63, 3.8) is 0 Å². The van der Waals surface area contributed by atoms with Crippen LogP contribution in [-0.4, -0.2) is 62.6 Å². The molecule has 0 atom stereocenters.